The van der Waals surface area contributed by atoms with Crippen LogP contribution in [0, 0.1) is 6.92 Å². The van der Waals surface area contributed by atoms with Gasteiger partial charge < -0.3 is 9.47 Å². The maximum atomic E-state index is 12.7. The van der Waals surface area contributed by atoms with Gasteiger partial charge in [0.25, 0.3) is 0 Å². The van der Waals surface area contributed by atoms with Crippen molar-refractivity contribution in [3.8, 4) is 0 Å². The number of sulfone groups is 1. The number of carbonyl (C=O) groups is 1. The zero-order valence-corrected chi connectivity index (χ0v) is 15.9. The van der Waals surface area contributed by atoms with Crippen LogP contribution in [0.15, 0.2) is 35.7 Å². The lowest BCUT2D eigenvalue weighted by Gasteiger charge is -2.31. The normalized spacial score (nSPS) is 16.0. The summed E-state index contributed by atoms with van der Waals surface area (Å²) < 4.78 is 26.7. The number of carbonyl (C=O) groups excluding carboxylic acids is 1. The molecule has 3 rings (SSSR count). The topological polar surface area (TPSA) is 85.2 Å². The van der Waals surface area contributed by atoms with E-state index >= 15 is 0 Å². The van der Waals surface area contributed by atoms with Crippen LogP contribution in [0.4, 0.5) is 0 Å². The SMILES string of the molecule is Cc1cccc(CCC(=O)N2CCC(S(=O)(=O)c3nncn3C)CC2)c1. The van der Waals surface area contributed by atoms with Gasteiger partial charge in [0.2, 0.25) is 20.9 Å². The van der Waals surface area contributed by atoms with Gasteiger partial charge in [0.1, 0.15) is 6.33 Å². The maximum Gasteiger partial charge on any atom is 0.249 e. The number of rotatable bonds is 5. The maximum absolute atomic E-state index is 12.7. The Balaban J connectivity index is 1.55. The van der Waals surface area contributed by atoms with E-state index in [1.807, 2.05) is 25.1 Å². The lowest BCUT2D eigenvalue weighted by molar-refractivity contribution is -0.132. The molecule has 2 heterocycles. The molecular weight excluding hydrogens is 352 g/mol. The number of piperidine rings is 1. The summed E-state index contributed by atoms with van der Waals surface area (Å²) >= 11 is 0. The second kappa shape index (κ2) is 7.57. The highest BCUT2D eigenvalue weighted by Gasteiger charge is 2.35. The summed E-state index contributed by atoms with van der Waals surface area (Å²) in [6.07, 6.45) is 3.41. The highest BCUT2D eigenvalue weighted by atomic mass is 32.2. The minimum atomic E-state index is -3.51. The lowest BCUT2D eigenvalue weighted by atomic mass is 10.1. The van der Waals surface area contributed by atoms with Gasteiger partial charge in [-0.1, -0.05) is 29.8 Å². The van der Waals surface area contributed by atoms with Crippen molar-refractivity contribution in [3.63, 3.8) is 0 Å². The molecule has 1 aromatic carbocycles. The number of hydrogen-bond donors (Lipinski definition) is 0. The van der Waals surface area contributed by atoms with Crippen LogP contribution >= 0.6 is 0 Å². The van der Waals surface area contributed by atoms with Crippen molar-refractivity contribution in [1.29, 1.82) is 0 Å². The Morgan fingerprint density at radius 3 is 2.62 bits per heavy atom. The smallest absolute Gasteiger partial charge is 0.249 e. The van der Waals surface area contributed by atoms with Crippen molar-refractivity contribution in [1.82, 2.24) is 19.7 Å². The Hall–Kier alpha value is -2.22. The van der Waals surface area contributed by atoms with Gasteiger partial charge >= 0.3 is 0 Å². The summed E-state index contributed by atoms with van der Waals surface area (Å²) in [4.78, 5) is 14.2. The molecule has 1 fully saturated rings. The lowest BCUT2D eigenvalue weighted by Crippen LogP contribution is -2.43. The third kappa shape index (κ3) is 3.95. The molecular formula is C18H24N4O3S. The first-order valence-electron chi connectivity index (χ1n) is 8.79. The van der Waals surface area contributed by atoms with E-state index in [0.29, 0.717) is 38.8 Å². The van der Waals surface area contributed by atoms with Gasteiger partial charge in [0, 0.05) is 26.6 Å². The largest absolute Gasteiger partial charge is 0.343 e. The van der Waals surface area contributed by atoms with E-state index in [-0.39, 0.29) is 11.1 Å². The highest BCUT2D eigenvalue weighted by molar-refractivity contribution is 7.91. The monoisotopic (exact) mass is 376 g/mol. The molecule has 0 aliphatic carbocycles. The van der Waals surface area contributed by atoms with Gasteiger partial charge in [-0.05, 0) is 31.7 Å². The molecule has 0 atom stereocenters. The molecule has 0 saturated carbocycles. The Labute approximate surface area is 154 Å². The quantitative estimate of drug-likeness (QED) is 0.790. The molecule has 1 amide bonds. The first kappa shape index (κ1) is 18.6. The molecule has 7 nitrogen and oxygen atoms in total. The number of likely N-dealkylation sites (tertiary alicyclic amines) is 1. The summed E-state index contributed by atoms with van der Waals surface area (Å²) in [6.45, 7) is 2.97. The zero-order valence-electron chi connectivity index (χ0n) is 15.1. The predicted octanol–water partition coefficient (Wildman–Crippen LogP) is 1.52. The number of nitrogens with zero attached hydrogens (tertiary/aromatic N) is 4. The Bertz CT molecular complexity index is 883. The summed E-state index contributed by atoms with van der Waals surface area (Å²) in [7, 11) is -1.89. The number of aryl methyl sites for hydroxylation is 3. The van der Waals surface area contributed by atoms with Crippen LogP contribution in [0.3, 0.4) is 0 Å². The van der Waals surface area contributed by atoms with Crippen LogP contribution in [-0.4, -0.2) is 52.3 Å². The molecule has 1 aliphatic rings. The van der Waals surface area contributed by atoms with Crippen molar-refractivity contribution in [2.75, 3.05) is 13.1 Å². The van der Waals surface area contributed by atoms with Gasteiger partial charge in [0.05, 0.1) is 5.25 Å². The third-order valence-corrected chi connectivity index (χ3v) is 7.10. The molecule has 1 aromatic heterocycles. The van der Waals surface area contributed by atoms with Crippen LogP contribution in [0.2, 0.25) is 0 Å². The molecule has 0 spiro atoms. The number of amides is 1. The second-order valence-electron chi connectivity index (χ2n) is 6.84. The van der Waals surface area contributed by atoms with Crippen LogP contribution in [0.25, 0.3) is 0 Å². The standard InChI is InChI=1S/C18H24N4O3S/c1-14-4-3-5-15(12-14)6-7-17(23)22-10-8-16(9-11-22)26(24,25)18-20-19-13-21(18)2/h3-5,12-13,16H,6-11H2,1-2H3. The van der Waals surface area contributed by atoms with E-state index in [4.69, 9.17) is 0 Å². The van der Waals surface area contributed by atoms with E-state index in [2.05, 4.69) is 16.3 Å². The van der Waals surface area contributed by atoms with Crippen molar-refractivity contribution < 1.29 is 13.2 Å². The van der Waals surface area contributed by atoms with Crippen molar-refractivity contribution in [2.45, 2.75) is 43.0 Å². The Kier molecular flexibility index (Phi) is 5.41. The van der Waals surface area contributed by atoms with Gasteiger partial charge in [-0.25, -0.2) is 8.42 Å². The van der Waals surface area contributed by atoms with E-state index in [0.717, 1.165) is 5.56 Å². The zero-order chi connectivity index (χ0) is 18.7. The van der Waals surface area contributed by atoms with E-state index in [1.165, 1.54) is 16.5 Å². The molecule has 0 unspecified atom stereocenters. The van der Waals surface area contributed by atoms with Crippen molar-refractivity contribution in [3.05, 3.63) is 41.7 Å². The summed E-state index contributed by atoms with van der Waals surface area (Å²) in [5, 5.41) is 6.88. The fourth-order valence-corrected chi connectivity index (χ4v) is 5.11. The second-order valence-corrected chi connectivity index (χ2v) is 8.96. The van der Waals surface area contributed by atoms with Crippen LogP contribution in [0.5, 0.6) is 0 Å². The van der Waals surface area contributed by atoms with E-state index in [9.17, 15) is 13.2 Å². The van der Waals surface area contributed by atoms with Gasteiger partial charge in [0.15, 0.2) is 0 Å². The first-order chi connectivity index (χ1) is 12.4. The molecule has 0 radical (unpaired) electrons. The molecule has 140 valence electrons. The summed E-state index contributed by atoms with van der Waals surface area (Å²) in [5.74, 6) is 0.0843. The first-order valence-corrected chi connectivity index (χ1v) is 10.3. The van der Waals surface area contributed by atoms with E-state index < -0.39 is 15.1 Å². The number of aromatic nitrogens is 3. The van der Waals surface area contributed by atoms with E-state index in [1.54, 1.807) is 11.9 Å². The molecule has 1 saturated heterocycles. The Morgan fingerprint density at radius 2 is 2.00 bits per heavy atom. The van der Waals surface area contributed by atoms with Crippen molar-refractivity contribution in [2.24, 2.45) is 7.05 Å². The van der Waals surface area contributed by atoms with Gasteiger partial charge in [-0.2, -0.15) is 0 Å². The molecule has 8 heteroatoms. The minimum Gasteiger partial charge on any atom is -0.343 e. The summed E-state index contributed by atoms with van der Waals surface area (Å²) in [6, 6.07) is 8.15. The number of hydrogen-bond acceptors (Lipinski definition) is 5. The minimum absolute atomic E-state index is 0.00160. The fourth-order valence-electron chi connectivity index (χ4n) is 3.37. The average molecular weight is 376 g/mol. The molecule has 2 aromatic rings. The fraction of sp³-hybridized carbons (Fsp3) is 0.500. The van der Waals surface area contributed by atoms with Crippen LogP contribution in [-0.2, 0) is 28.1 Å². The predicted molar refractivity (Wildman–Crippen MR) is 97.3 cm³/mol. The Morgan fingerprint density at radius 1 is 1.27 bits per heavy atom. The molecule has 1 aliphatic heterocycles. The average Bonchev–Trinajstić information content (AvgIpc) is 3.07. The third-order valence-electron chi connectivity index (χ3n) is 4.87. The highest BCUT2D eigenvalue weighted by Crippen LogP contribution is 2.23. The number of benzene rings is 1. The molecule has 26 heavy (non-hydrogen) atoms. The molecule has 0 bridgehead atoms. The summed E-state index contributed by atoms with van der Waals surface area (Å²) in [5.41, 5.74) is 2.34. The van der Waals surface area contributed by atoms with Crippen LogP contribution < -0.4 is 0 Å². The van der Waals surface area contributed by atoms with Crippen LogP contribution in [0.1, 0.15) is 30.4 Å². The molecule has 0 N–H and O–H groups in total. The van der Waals surface area contributed by atoms with Crippen molar-refractivity contribution >= 4 is 15.7 Å². The van der Waals surface area contributed by atoms with Gasteiger partial charge in [-0.3, -0.25) is 4.79 Å². The van der Waals surface area contributed by atoms with Gasteiger partial charge in [-0.15, -0.1) is 10.2 Å².